The molecular formula is C18H18N4O3. The van der Waals surface area contributed by atoms with E-state index in [4.69, 9.17) is 4.52 Å². The Labute approximate surface area is 145 Å². The lowest BCUT2D eigenvalue weighted by atomic mass is 10.1. The average Bonchev–Trinajstić information content (AvgIpc) is 3.11. The molecule has 0 aliphatic heterocycles. The van der Waals surface area contributed by atoms with E-state index in [9.17, 15) is 10.1 Å². The maximum absolute atomic E-state index is 11.5. The Morgan fingerprint density at radius 1 is 1.20 bits per heavy atom. The first-order valence-corrected chi connectivity index (χ1v) is 7.95. The van der Waals surface area contributed by atoms with Gasteiger partial charge in [-0.2, -0.15) is 4.98 Å². The van der Waals surface area contributed by atoms with Gasteiger partial charge >= 0.3 is 0 Å². The fourth-order valence-electron chi connectivity index (χ4n) is 2.58. The van der Waals surface area contributed by atoms with E-state index in [0.29, 0.717) is 30.0 Å². The molecule has 7 nitrogen and oxygen atoms in total. The molecule has 7 heteroatoms. The van der Waals surface area contributed by atoms with Gasteiger partial charge in [0.1, 0.15) is 5.69 Å². The van der Waals surface area contributed by atoms with Crippen molar-refractivity contribution in [1.82, 2.24) is 10.1 Å². The van der Waals surface area contributed by atoms with Crippen LogP contribution in [0.5, 0.6) is 0 Å². The Hall–Kier alpha value is -3.22. The van der Waals surface area contributed by atoms with Gasteiger partial charge < -0.3 is 9.42 Å². The first-order chi connectivity index (χ1) is 12.1. The van der Waals surface area contributed by atoms with E-state index in [-0.39, 0.29) is 11.6 Å². The van der Waals surface area contributed by atoms with Crippen molar-refractivity contribution in [2.24, 2.45) is 0 Å². The number of aryl methyl sites for hydroxylation is 1. The van der Waals surface area contributed by atoms with Crippen LogP contribution in [0.2, 0.25) is 0 Å². The van der Waals surface area contributed by atoms with Gasteiger partial charge in [0.25, 0.3) is 11.6 Å². The summed E-state index contributed by atoms with van der Waals surface area (Å²) in [6.07, 6.45) is 0.642. The predicted octanol–water partition coefficient (Wildman–Crippen LogP) is 3.84. The third-order valence-electron chi connectivity index (χ3n) is 3.88. The average molecular weight is 338 g/mol. The summed E-state index contributed by atoms with van der Waals surface area (Å²) in [6, 6.07) is 14.8. The third-order valence-corrected chi connectivity index (χ3v) is 3.88. The predicted molar refractivity (Wildman–Crippen MR) is 94.3 cm³/mol. The summed E-state index contributed by atoms with van der Waals surface area (Å²) in [5, 5.41) is 15.4. The molecule has 128 valence electrons. The van der Waals surface area contributed by atoms with E-state index < -0.39 is 4.92 Å². The van der Waals surface area contributed by atoms with Gasteiger partial charge in [0.05, 0.1) is 4.92 Å². The number of hydrogen-bond acceptors (Lipinski definition) is 6. The normalized spacial score (nSPS) is 10.6. The van der Waals surface area contributed by atoms with Crippen molar-refractivity contribution in [1.29, 1.82) is 0 Å². The first-order valence-electron chi connectivity index (χ1n) is 7.95. The van der Waals surface area contributed by atoms with E-state index in [0.717, 1.165) is 5.56 Å². The maximum atomic E-state index is 11.5. The monoisotopic (exact) mass is 338 g/mol. The molecule has 1 heterocycles. The maximum Gasteiger partial charge on any atom is 0.293 e. The summed E-state index contributed by atoms with van der Waals surface area (Å²) in [6.45, 7) is 2.49. The fourth-order valence-corrected chi connectivity index (χ4v) is 2.58. The van der Waals surface area contributed by atoms with Crippen LogP contribution in [-0.2, 0) is 13.0 Å². The third kappa shape index (κ3) is 3.65. The molecular weight excluding hydrogens is 320 g/mol. The Morgan fingerprint density at radius 3 is 2.60 bits per heavy atom. The number of nitro benzene ring substituents is 1. The Bertz CT molecular complexity index is 877. The minimum atomic E-state index is -0.391. The zero-order valence-corrected chi connectivity index (χ0v) is 14.0. The highest BCUT2D eigenvalue weighted by atomic mass is 16.6. The number of hydrogen-bond donors (Lipinski definition) is 0. The minimum Gasteiger partial charge on any atom is -0.365 e. The van der Waals surface area contributed by atoms with Crippen LogP contribution in [0, 0.1) is 10.1 Å². The van der Waals surface area contributed by atoms with Gasteiger partial charge in [0, 0.05) is 31.6 Å². The zero-order valence-electron chi connectivity index (χ0n) is 14.0. The van der Waals surface area contributed by atoms with Crippen molar-refractivity contribution < 1.29 is 9.45 Å². The van der Waals surface area contributed by atoms with E-state index >= 15 is 0 Å². The molecule has 0 bridgehead atoms. The Kier molecular flexibility index (Phi) is 4.74. The molecule has 0 atom stereocenters. The molecule has 0 amide bonds. The van der Waals surface area contributed by atoms with Crippen LogP contribution in [0.15, 0.2) is 53.1 Å². The summed E-state index contributed by atoms with van der Waals surface area (Å²) in [5.41, 5.74) is 2.16. The summed E-state index contributed by atoms with van der Waals surface area (Å²) < 4.78 is 5.18. The molecule has 25 heavy (non-hydrogen) atoms. The Morgan fingerprint density at radius 2 is 1.96 bits per heavy atom. The molecule has 0 fully saturated rings. The van der Waals surface area contributed by atoms with Crippen molar-refractivity contribution >= 4 is 11.4 Å². The highest BCUT2D eigenvalue weighted by Crippen LogP contribution is 2.32. The first kappa shape index (κ1) is 16.6. The smallest absolute Gasteiger partial charge is 0.293 e. The van der Waals surface area contributed by atoms with Crippen LogP contribution in [-0.4, -0.2) is 22.1 Å². The largest absolute Gasteiger partial charge is 0.365 e. The van der Waals surface area contributed by atoms with Crippen molar-refractivity contribution in [2.75, 3.05) is 11.9 Å². The van der Waals surface area contributed by atoms with Gasteiger partial charge in [-0.15, -0.1) is 0 Å². The summed E-state index contributed by atoms with van der Waals surface area (Å²) >= 11 is 0. The van der Waals surface area contributed by atoms with Gasteiger partial charge in [-0.3, -0.25) is 10.1 Å². The van der Waals surface area contributed by atoms with E-state index in [2.05, 4.69) is 10.1 Å². The molecule has 3 rings (SSSR count). The van der Waals surface area contributed by atoms with E-state index in [1.54, 1.807) is 12.1 Å². The van der Waals surface area contributed by atoms with Gasteiger partial charge in [-0.1, -0.05) is 42.4 Å². The van der Waals surface area contributed by atoms with E-state index in [1.165, 1.54) is 6.07 Å². The molecule has 0 radical (unpaired) electrons. The van der Waals surface area contributed by atoms with Crippen molar-refractivity contribution in [3.63, 3.8) is 0 Å². The number of anilines is 1. The second-order valence-electron chi connectivity index (χ2n) is 5.67. The molecule has 2 aromatic carbocycles. The van der Waals surface area contributed by atoms with Crippen molar-refractivity contribution in [3.8, 4) is 11.5 Å². The number of rotatable bonds is 6. The molecule has 0 aliphatic carbocycles. The number of benzene rings is 2. The lowest BCUT2D eigenvalue weighted by Crippen LogP contribution is -2.17. The molecule has 0 aliphatic rings. The summed E-state index contributed by atoms with van der Waals surface area (Å²) in [5.74, 6) is 0.861. The molecule has 1 aromatic heterocycles. The molecule has 0 saturated heterocycles. The standard InChI is InChI=1S/C18H18N4O3/c1-3-17-19-18(25-20-17)14-9-10-15(16(11-14)22(23)24)21(2)12-13-7-5-4-6-8-13/h4-11H,3,12H2,1-2H3. The SMILES string of the molecule is CCc1noc(-c2ccc(N(C)Cc3ccccc3)c([N+](=O)[O-])c2)n1. The molecule has 0 spiro atoms. The highest BCUT2D eigenvalue weighted by Gasteiger charge is 2.20. The number of aromatic nitrogens is 2. The second-order valence-corrected chi connectivity index (χ2v) is 5.67. The molecule has 3 aromatic rings. The van der Waals surface area contributed by atoms with Crippen LogP contribution in [0.1, 0.15) is 18.3 Å². The summed E-state index contributed by atoms with van der Waals surface area (Å²) in [7, 11) is 1.83. The van der Waals surface area contributed by atoms with Crippen molar-refractivity contribution in [3.05, 3.63) is 70.0 Å². The van der Waals surface area contributed by atoms with Crippen LogP contribution in [0.4, 0.5) is 11.4 Å². The quantitative estimate of drug-likeness (QED) is 0.501. The number of nitro groups is 1. The zero-order chi connectivity index (χ0) is 17.8. The topological polar surface area (TPSA) is 85.3 Å². The van der Waals surface area contributed by atoms with Crippen LogP contribution < -0.4 is 4.90 Å². The molecule has 0 unspecified atom stereocenters. The lowest BCUT2D eigenvalue weighted by molar-refractivity contribution is -0.384. The van der Waals surface area contributed by atoms with Gasteiger partial charge in [-0.05, 0) is 17.7 Å². The highest BCUT2D eigenvalue weighted by molar-refractivity contribution is 5.70. The van der Waals surface area contributed by atoms with Gasteiger partial charge in [-0.25, -0.2) is 0 Å². The molecule has 0 saturated carbocycles. The van der Waals surface area contributed by atoms with Crippen molar-refractivity contribution in [2.45, 2.75) is 19.9 Å². The summed E-state index contributed by atoms with van der Waals surface area (Å²) in [4.78, 5) is 17.2. The fraction of sp³-hybridized carbons (Fsp3) is 0.222. The minimum absolute atomic E-state index is 0.00665. The Balaban J connectivity index is 1.92. The lowest BCUT2D eigenvalue weighted by Gasteiger charge is -2.19. The van der Waals surface area contributed by atoms with Crippen LogP contribution in [0.3, 0.4) is 0 Å². The van der Waals surface area contributed by atoms with Crippen LogP contribution in [0.25, 0.3) is 11.5 Å². The molecule has 0 N–H and O–H groups in total. The number of nitrogens with zero attached hydrogens (tertiary/aromatic N) is 4. The van der Waals surface area contributed by atoms with E-state index in [1.807, 2.05) is 49.2 Å². The van der Waals surface area contributed by atoms with Gasteiger partial charge in [0.15, 0.2) is 5.82 Å². The van der Waals surface area contributed by atoms with Crippen LogP contribution >= 0.6 is 0 Å². The van der Waals surface area contributed by atoms with Gasteiger partial charge in [0.2, 0.25) is 0 Å². The second kappa shape index (κ2) is 7.12.